The van der Waals surface area contributed by atoms with Gasteiger partial charge < -0.3 is 14.2 Å². The maximum absolute atomic E-state index is 14.2. The minimum atomic E-state index is -4.28. The first-order valence-corrected chi connectivity index (χ1v) is 8.79. The van der Waals surface area contributed by atoms with Crippen molar-refractivity contribution >= 4 is 21.7 Å². The predicted molar refractivity (Wildman–Crippen MR) is 92.9 cm³/mol. The molecule has 0 bridgehead atoms. The maximum Gasteiger partial charge on any atom is 0.337 e. The zero-order valence-corrected chi connectivity index (χ0v) is 15.5. The van der Waals surface area contributed by atoms with Crippen molar-refractivity contribution in [2.75, 3.05) is 32.7 Å². The predicted octanol–water partition coefficient (Wildman–Crippen LogP) is 2.45. The standard InChI is InChI=1S/C17H18FNO6S/c1-19(12-6-8-14(23-2)15(10-12)24-3)26(21,22)16-9-11(17(20)25-4)5-7-13(16)18/h5-10H,1-4H3. The Morgan fingerprint density at radius 1 is 1.00 bits per heavy atom. The summed E-state index contributed by atoms with van der Waals surface area (Å²) in [5.41, 5.74) is 0.152. The summed E-state index contributed by atoms with van der Waals surface area (Å²) in [7, 11) is 0.998. The van der Waals surface area contributed by atoms with E-state index in [9.17, 15) is 17.6 Å². The molecule has 0 atom stereocenters. The molecule has 0 heterocycles. The number of halogens is 1. The summed E-state index contributed by atoms with van der Waals surface area (Å²) in [6, 6.07) is 7.45. The molecule has 0 radical (unpaired) electrons. The van der Waals surface area contributed by atoms with Crippen LogP contribution in [0.15, 0.2) is 41.3 Å². The number of carbonyl (C=O) groups is 1. The quantitative estimate of drug-likeness (QED) is 0.713. The van der Waals surface area contributed by atoms with E-state index in [-0.39, 0.29) is 11.3 Å². The Hall–Kier alpha value is -2.81. The number of ether oxygens (including phenoxy) is 3. The van der Waals surface area contributed by atoms with Gasteiger partial charge in [-0.05, 0) is 30.3 Å². The molecule has 7 nitrogen and oxygen atoms in total. The minimum Gasteiger partial charge on any atom is -0.493 e. The third-order valence-electron chi connectivity index (χ3n) is 3.72. The van der Waals surface area contributed by atoms with Gasteiger partial charge in [-0.15, -0.1) is 0 Å². The van der Waals surface area contributed by atoms with Crippen LogP contribution in [-0.4, -0.2) is 42.8 Å². The van der Waals surface area contributed by atoms with Gasteiger partial charge in [0.05, 0.1) is 32.6 Å². The highest BCUT2D eigenvalue weighted by Gasteiger charge is 2.27. The van der Waals surface area contributed by atoms with Crippen molar-refractivity contribution < 1.29 is 31.8 Å². The fraction of sp³-hybridized carbons (Fsp3) is 0.235. The van der Waals surface area contributed by atoms with Crippen LogP contribution in [0.3, 0.4) is 0 Å². The van der Waals surface area contributed by atoms with Gasteiger partial charge in [-0.3, -0.25) is 4.31 Å². The molecule has 0 unspecified atom stereocenters. The molecule has 0 spiro atoms. The molecule has 0 aliphatic heterocycles. The molecule has 0 amide bonds. The third kappa shape index (κ3) is 3.57. The Bertz CT molecular complexity index is 929. The highest BCUT2D eigenvalue weighted by atomic mass is 32.2. The lowest BCUT2D eigenvalue weighted by Gasteiger charge is -2.21. The Morgan fingerprint density at radius 3 is 2.23 bits per heavy atom. The molecule has 0 fully saturated rings. The second kappa shape index (κ2) is 7.61. The fourth-order valence-corrected chi connectivity index (χ4v) is 3.53. The van der Waals surface area contributed by atoms with Crippen LogP contribution in [0.2, 0.25) is 0 Å². The van der Waals surface area contributed by atoms with E-state index in [1.165, 1.54) is 39.5 Å². The summed E-state index contributed by atoms with van der Waals surface area (Å²) >= 11 is 0. The highest BCUT2D eigenvalue weighted by molar-refractivity contribution is 7.92. The Morgan fingerprint density at radius 2 is 1.65 bits per heavy atom. The number of esters is 1. The van der Waals surface area contributed by atoms with Crippen LogP contribution in [0.4, 0.5) is 10.1 Å². The highest BCUT2D eigenvalue weighted by Crippen LogP contribution is 2.33. The molecule has 140 valence electrons. The summed E-state index contributed by atoms with van der Waals surface area (Å²) in [5.74, 6) is -1.02. The van der Waals surface area contributed by atoms with Crippen LogP contribution in [0.25, 0.3) is 0 Å². The van der Waals surface area contributed by atoms with E-state index >= 15 is 0 Å². The molecule has 2 aromatic rings. The summed E-state index contributed by atoms with van der Waals surface area (Å²) in [5, 5.41) is 0. The number of sulfonamides is 1. The molecular weight excluding hydrogens is 365 g/mol. The molecule has 0 aliphatic carbocycles. The number of anilines is 1. The first-order chi connectivity index (χ1) is 12.3. The van der Waals surface area contributed by atoms with Crippen molar-refractivity contribution in [2.24, 2.45) is 0 Å². The fourth-order valence-electron chi connectivity index (χ4n) is 2.25. The van der Waals surface area contributed by atoms with Crippen molar-refractivity contribution in [3.63, 3.8) is 0 Å². The van der Waals surface area contributed by atoms with Crippen LogP contribution in [0, 0.1) is 5.82 Å². The molecule has 0 N–H and O–H groups in total. The number of carbonyl (C=O) groups excluding carboxylic acids is 1. The zero-order valence-electron chi connectivity index (χ0n) is 14.6. The molecule has 26 heavy (non-hydrogen) atoms. The molecule has 0 aromatic heterocycles. The molecule has 0 saturated carbocycles. The number of hydrogen-bond donors (Lipinski definition) is 0. The molecule has 2 rings (SSSR count). The van der Waals surface area contributed by atoms with Crippen molar-refractivity contribution in [1.29, 1.82) is 0 Å². The number of rotatable bonds is 6. The van der Waals surface area contributed by atoms with Crippen LogP contribution in [0.5, 0.6) is 11.5 Å². The second-order valence-electron chi connectivity index (χ2n) is 5.15. The Kier molecular flexibility index (Phi) is 5.71. The molecule has 2 aromatic carbocycles. The van der Waals surface area contributed by atoms with Gasteiger partial charge in [0, 0.05) is 13.1 Å². The van der Waals surface area contributed by atoms with E-state index in [0.29, 0.717) is 11.5 Å². The average molecular weight is 383 g/mol. The van der Waals surface area contributed by atoms with Gasteiger partial charge in [0.1, 0.15) is 10.7 Å². The number of nitrogens with zero attached hydrogens (tertiary/aromatic N) is 1. The van der Waals surface area contributed by atoms with E-state index < -0.39 is 26.7 Å². The largest absolute Gasteiger partial charge is 0.493 e. The smallest absolute Gasteiger partial charge is 0.337 e. The lowest BCUT2D eigenvalue weighted by atomic mass is 10.2. The number of benzene rings is 2. The van der Waals surface area contributed by atoms with Gasteiger partial charge in [-0.25, -0.2) is 17.6 Å². The summed E-state index contributed by atoms with van der Waals surface area (Å²) < 4.78 is 55.5. The zero-order chi connectivity index (χ0) is 19.5. The van der Waals surface area contributed by atoms with Gasteiger partial charge in [-0.2, -0.15) is 0 Å². The first-order valence-electron chi connectivity index (χ1n) is 7.35. The Balaban J connectivity index is 2.52. The molecule has 0 aliphatic rings. The van der Waals surface area contributed by atoms with Gasteiger partial charge in [0.15, 0.2) is 11.5 Å². The maximum atomic E-state index is 14.2. The van der Waals surface area contributed by atoms with E-state index in [1.807, 2.05) is 0 Å². The van der Waals surface area contributed by atoms with Gasteiger partial charge in [-0.1, -0.05) is 0 Å². The van der Waals surface area contributed by atoms with E-state index in [1.54, 1.807) is 0 Å². The summed E-state index contributed by atoms with van der Waals surface area (Å²) in [4.78, 5) is 11.0. The van der Waals surface area contributed by atoms with Crippen molar-refractivity contribution in [3.8, 4) is 11.5 Å². The van der Waals surface area contributed by atoms with Crippen molar-refractivity contribution in [3.05, 3.63) is 47.8 Å². The van der Waals surface area contributed by atoms with Gasteiger partial charge >= 0.3 is 5.97 Å². The number of methoxy groups -OCH3 is 3. The van der Waals surface area contributed by atoms with E-state index in [2.05, 4.69) is 4.74 Å². The summed E-state index contributed by atoms with van der Waals surface area (Å²) in [6.45, 7) is 0. The van der Waals surface area contributed by atoms with E-state index in [0.717, 1.165) is 29.6 Å². The average Bonchev–Trinajstić information content (AvgIpc) is 2.66. The van der Waals surface area contributed by atoms with Crippen molar-refractivity contribution in [1.82, 2.24) is 0 Å². The lowest BCUT2D eigenvalue weighted by molar-refractivity contribution is 0.0600. The van der Waals surface area contributed by atoms with Crippen LogP contribution in [-0.2, 0) is 14.8 Å². The third-order valence-corrected chi connectivity index (χ3v) is 5.52. The normalized spacial score (nSPS) is 11.0. The van der Waals surface area contributed by atoms with Crippen LogP contribution in [0.1, 0.15) is 10.4 Å². The monoisotopic (exact) mass is 383 g/mol. The van der Waals surface area contributed by atoms with Crippen molar-refractivity contribution in [2.45, 2.75) is 4.90 Å². The Labute approximate surface area is 151 Å². The molecule has 9 heteroatoms. The SMILES string of the molecule is COC(=O)c1ccc(F)c(S(=O)(=O)N(C)c2ccc(OC)c(OC)c2)c1. The van der Waals surface area contributed by atoms with Gasteiger partial charge in [0.2, 0.25) is 0 Å². The van der Waals surface area contributed by atoms with Crippen LogP contribution < -0.4 is 13.8 Å². The van der Waals surface area contributed by atoms with Gasteiger partial charge in [0.25, 0.3) is 10.0 Å². The van der Waals surface area contributed by atoms with E-state index in [4.69, 9.17) is 9.47 Å². The minimum absolute atomic E-state index is 0.0758. The summed E-state index contributed by atoms with van der Waals surface area (Å²) in [6.07, 6.45) is 0. The molecular formula is C17H18FNO6S. The first kappa shape index (κ1) is 19.5. The second-order valence-corrected chi connectivity index (χ2v) is 7.09. The topological polar surface area (TPSA) is 82.1 Å². The van der Waals surface area contributed by atoms with Crippen LogP contribution >= 0.6 is 0 Å². The molecule has 0 saturated heterocycles. The number of hydrogen-bond acceptors (Lipinski definition) is 6. The lowest BCUT2D eigenvalue weighted by Crippen LogP contribution is -2.27.